The fourth-order valence-corrected chi connectivity index (χ4v) is 5.62. The SMILES string of the molecule is O=c1[nH]c(O)c(Cc2ccc(OC[C@@H]3CCCN3c3nc4ccccc4s3)cc2)s1. The minimum absolute atomic E-state index is 0.0403. The van der Waals surface area contributed by atoms with Gasteiger partial charge < -0.3 is 14.7 Å². The standard InChI is InChI=1S/C22H21N3O3S2/c26-20-19(30-22(27)24-20)12-14-7-9-16(10-8-14)28-13-15-4-3-11-25(15)21-23-17-5-1-2-6-18(17)29-21/h1-2,5-10,15,26H,3-4,11-13H2,(H,24,27)/t15-/m0/s1. The Kier molecular flexibility index (Phi) is 5.18. The third-order valence-electron chi connectivity index (χ3n) is 5.34. The van der Waals surface area contributed by atoms with E-state index < -0.39 is 0 Å². The second-order valence-electron chi connectivity index (χ2n) is 7.37. The molecule has 2 N–H and O–H groups in total. The van der Waals surface area contributed by atoms with Gasteiger partial charge in [-0.25, -0.2) is 4.98 Å². The van der Waals surface area contributed by atoms with Crippen molar-refractivity contribution in [3.05, 3.63) is 68.6 Å². The van der Waals surface area contributed by atoms with Crippen LogP contribution < -0.4 is 14.5 Å². The Morgan fingerprint density at radius 1 is 1.17 bits per heavy atom. The van der Waals surface area contributed by atoms with Crippen molar-refractivity contribution in [3.63, 3.8) is 0 Å². The molecule has 1 aliphatic heterocycles. The van der Waals surface area contributed by atoms with Gasteiger partial charge in [-0.1, -0.05) is 46.9 Å². The topological polar surface area (TPSA) is 78.5 Å². The number of aromatic nitrogens is 2. The summed E-state index contributed by atoms with van der Waals surface area (Å²) in [4.78, 5) is 21.3. The summed E-state index contributed by atoms with van der Waals surface area (Å²) in [6.07, 6.45) is 2.76. The number of H-pyrrole nitrogens is 1. The van der Waals surface area contributed by atoms with E-state index in [1.165, 1.54) is 4.70 Å². The molecule has 154 valence electrons. The number of rotatable bonds is 6. The lowest BCUT2D eigenvalue weighted by Crippen LogP contribution is -2.34. The lowest BCUT2D eigenvalue weighted by Gasteiger charge is -2.24. The number of aromatic hydroxyl groups is 1. The third-order valence-corrected chi connectivity index (χ3v) is 7.28. The van der Waals surface area contributed by atoms with E-state index in [9.17, 15) is 9.90 Å². The fourth-order valence-electron chi connectivity index (χ4n) is 3.80. The highest BCUT2D eigenvalue weighted by Gasteiger charge is 2.27. The first kappa shape index (κ1) is 19.1. The van der Waals surface area contributed by atoms with Gasteiger partial charge >= 0.3 is 4.87 Å². The molecule has 0 aliphatic carbocycles. The van der Waals surface area contributed by atoms with E-state index in [-0.39, 0.29) is 10.8 Å². The monoisotopic (exact) mass is 439 g/mol. The minimum atomic E-state index is -0.239. The number of nitrogens with zero attached hydrogens (tertiary/aromatic N) is 2. The van der Waals surface area contributed by atoms with Crippen LogP contribution in [0.25, 0.3) is 10.2 Å². The van der Waals surface area contributed by atoms with Crippen molar-refractivity contribution >= 4 is 38.0 Å². The molecule has 0 unspecified atom stereocenters. The van der Waals surface area contributed by atoms with Gasteiger partial charge in [-0.2, -0.15) is 0 Å². The van der Waals surface area contributed by atoms with Crippen LogP contribution >= 0.6 is 22.7 Å². The summed E-state index contributed by atoms with van der Waals surface area (Å²) < 4.78 is 7.30. The molecule has 1 fully saturated rings. The van der Waals surface area contributed by atoms with Crippen molar-refractivity contribution in [2.75, 3.05) is 18.1 Å². The highest BCUT2D eigenvalue weighted by atomic mass is 32.1. The van der Waals surface area contributed by atoms with Crippen molar-refractivity contribution in [3.8, 4) is 11.6 Å². The van der Waals surface area contributed by atoms with Crippen LogP contribution in [0, 0.1) is 0 Å². The van der Waals surface area contributed by atoms with Crippen LogP contribution in [0.2, 0.25) is 0 Å². The van der Waals surface area contributed by atoms with Crippen LogP contribution in [-0.4, -0.2) is 34.3 Å². The number of fused-ring (bicyclic) bond motifs is 1. The summed E-state index contributed by atoms with van der Waals surface area (Å²) in [5.41, 5.74) is 2.07. The third kappa shape index (κ3) is 3.93. The van der Waals surface area contributed by atoms with Crippen LogP contribution in [0.15, 0.2) is 53.3 Å². The summed E-state index contributed by atoms with van der Waals surface area (Å²) in [5.74, 6) is 0.780. The van der Waals surface area contributed by atoms with Crippen LogP contribution in [0.5, 0.6) is 11.6 Å². The summed E-state index contributed by atoms with van der Waals surface area (Å²) in [6, 6.07) is 16.4. The van der Waals surface area contributed by atoms with Gasteiger partial charge in [0.1, 0.15) is 12.4 Å². The molecule has 30 heavy (non-hydrogen) atoms. The maximum atomic E-state index is 11.3. The molecule has 8 heteroatoms. The van der Waals surface area contributed by atoms with Crippen molar-refractivity contribution in [1.82, 2.24) is 9.97 Å². The highest BCUT2D eigenvalue weighted by Crippen LogP contribution is 2.33. The first-order valence-electron chi connectivity index (χ1n) is 9.90. The van der Waals surface area contributed by atoms with Gasteiger partial charge in [0.05, 0.1) is 21.1 Å². The minimum Gasteiger partial charge on any atom is -0.494 e. The Morgan fingerprint density at radius 3 is 2.77 bits per heavy atom. The van der Waals surface area contributed by atoms with Crippen LogP contribution in [0.1, 0.15) is 23.3 Å². The van der Waals surface area contributed by atoms with Crippen molar-refractivity contribution in [2.45, 2.75) is 25.3 Å². The molecule has 0 saturated carbocycles. The van der Waals surface area contributed by atoms with E-state index in [2.05, 4.69) is 28.1 Å². The molecule has 5 rings (SSSR count). The average Bonchev–Trinajstić information content (AvgIpc) is 3.45. The zero-order valence-corrected chi connectivity index (χ0v) is 17.8. The van der Waals surface area contributed by atoms with E-state index in [4.69, 9.17) is 9.72 Å². The zero-order valence-electron chi connectivity index (χ0n) is 16.2. The van der Waals surface area contributed by atoms with Gasteiger partial charge in [-0.15, -0.1) is 0 Å². The van der Waals surface area contributed by atoms with Crippen LogP contribution in [-0.2, 0) is 6.42 Å². The Bertz CT molecular complexity index is 1180. The van der Waals surface area contributed by atoms with Gasteiger partial charge in [-0.05, 0) is 42.7 Å². The summed E-state index contributed by atoms with van der Waals surface area (Å²) in [6.45, 7) is 1.63. The van der Waals surface area contributed by atoms with Gasteiger partial charge in [0.15, 0.2) is 5.13 Å². The number of thiazole rings is 2. The van der Waals surface area contributed by atoms with Crippen LogP contribution in [0.4, 0.5) is 5.13 Å². The van der Waals surface area contributed by atoms with Gasteiger partial charge in [0.25, 0.3) is 0 Å². The Hall–Kier alpha value is -2.84. The predicted molar refractivity (Wildman–Crippen MR) is 121 cm³/mol. The zero-order chi connectivity index (χ0) is 20.5. The molecular formula is C22H21N3O3S2. The molecule has 1 saturated heterocycles. The Balaban J connectivity index is 1.23. The summed E-state index contributed by atoms with van der Waals surface area (Å²) in [7, 11) is 0. The molecule has 2 aromatic carbocycles. The van der Waals surface area contributed by atoms with Crippen molar-refractivity contribution in [1.29, 1.82) is 0 Å². The summed E-state index contributed by atoms with van der Waals surface area (Å²) in [5, 5.41) is 10.8. The quantitative estimate of drug-likeness (QED) is 0.466. The van der Waals surface area contributed by atoms with E-state index in [1.807, 2.05) is 30.3 Å². The lowest BCUT2D eigenvalue weighted by molar-refractivity contribution is 0.288. The Morgan fingerprint density at radius 2 is 2.00 bits per heavy atom. The van der Waals surface area contributed by atoms with E-state index in [0.29, 0.717) is 23.9 Å². The molecule has 0 bridgehead atoms. The molecule has 6 nitrogen and oxygen atoms in total. The number of nitrogens with one attached hydrogen (secondary N) is 1. The normalized spacial score (nSPS) is 16.4. The number of para-hydroxylation sites is 1. The number of aromatic amines is 1. The highest BCUT2D eigenvalue weighted by molar-refractivity contribution is 7.22. The first-order chi connectivity index (χ1) is 14.7. The molecule has 0 spiro atoms. The van der Waals surface area contributed by atoms with Crippen LogP contribution in [0.3, 0.4) is 0 Å². The smallest absolute Gasteiger partial charge is 0.307 e. The molecule has 0 amide bonds. The van der Waals surface area contributed by atoms with Crippen molar-refractivity contribution in [2.24, 2.45) is 0 Å². The molecule has 4 aromatic rings. The maximum Gasteiger partial charge on any atom is 0.307 e. The number of hydrogen-bond donors (Lipinski definition) is 2. The Labute approximate surface area is 181 Å². The molecule has 3 heterocycles. The number of benzene rings is 2. The molecular weight excluding hydrogens is 418 g/mol. The number of anilines is 1. The van der Waals surface area contributed by atoms with Gasteiger partial charge in [-0.3, -0.25) is 9.78 Å². The molecule has 0 radical (unpaired) electrons. The lowest BCUT2D eigenvalue weighted by atomic mass is 10.1. The number of ether oxygens (including phenoxy) is 1. The molecule has 1 atom stereocenters. The molecule has 2 aromatic heterocycles. The maximum absolute atomic E-state index is 11.3. The summed E-state index contributed by atoms with van der Waals surface area (Å²) >= 11 is 2.78. The van der Waals surface area contributed by atoms with Crippen molar-refractivity contribution < 1.29 is 9.84 Å². The van der Waals surface area contributed by atoms with Gasteiger partial charge in [0, 0.05) is 13.0 Å². The van der Waals surface area contributed by atoms with Gasteiger partial charge in [0.2, 0.25) is 5.88 Å². The second kappa shape index (κ2) is 8.12. The van der Waals surface area contributed by atoms with E-state index >= 15 is 0 Å². The second-order valence-corrected chi connectivity index (χ2v) is 9.45. The first-order valence-corrected chi connectivity index (χ1v) is 11.5. The molecule has 1 aliphatic rings. The largest absolute Gasteiger partial charge is 0.494 e. The average molecular weight is 440 g/mol. The predicted octanol–water partition coefficient (Wildman–Crippen LogP) is 4.39. The fraction of sp³-hybridized carbons (Fsp3) is 0.273. The number of hydrogen-bond acceptors (Lipinski definition) is 7. The van der Waals surface area contributed by atoms with E-state index in [0.717, 1.165) is 52.7 Å². The van der Waals surface area contributed by atoms with E-state index in [1.54, 1.807) is 11.3 Å².